The smallest absolute Gasteiger partial charge is 0.234 e. The number of rotatable bonds is 7. The zero-order chi connectivity index (χ0) is 14.3. The second kappa shape index (κ2) is 7.63. The van der Waals surface area contributed by atoms with E-state index in [4.69, 9.17) is 9.47 Å². The van der Waals surface area contributed by atoms with Crippen LogP contribution in [0, 0.1) is 0 Å². The Bertz CT molecular complexity index is 421. The molecular formula is C14H22N2O3. The summed E-state index contributed by atoms with van der Waals surface area (Å²) in [7, 11) is 4.97. The van der Waals surface area contributed by atoms with Crippen molar-refractivity contribution >= 4 is 5.91 Å². The number of carbonyl (C=O) groups is 1. The first-order chi connectivity index (χ1) is 9.10. The molecule has 0 saturated heterocycles. The molecule has 0 aliphatic rings. The Morgan fingerprint density at radius 3 is 2.53 bits per heavy atom. The Labute approximate surface area is 114 Å². The SMILES string of the molecule is CNCC(=O)NC(C)Cc1ccc(OC)c(OC)c1. The van der Waals surface area contributed by atoms with E-state index < -0.39 is 0 Å². The Hall–Kier alpha value is -1.75. The van der Waals surface area contributed by atoms with Crippen molar-refractivity contribution in [3.8, 4) is 11.5 Å². The summed E-state index contributed by atoms with van der Waals surface area (Å²) in [4.78, 5) is 11.4. The number of hydrogen-bond acceptors (Lipinski definition) is 4. The maximum atomic E-state index is 11.4. The van der Waals surface area contributed by atoms with Crippen LogP contribution in [-0.4, -0.2) is 39.8 Å². The van der Waals surface area contributed by atoms with Gasteiger partial charge in [-0.3, -0.25) is 4.79 Å². The van der Waals surface area contributed by atoms with Gasteiger partial charge < -0.3 is 20.1 Å². The molecule has 0 heterocycles. The number of carbonyl (C=O) groups excluding carboxylic acids is 1. The summed E-state index contributed by atoms with van der Waals surface area (Å²) in [5, 5.41) is 5.74. The zero-order valence-corrected chi connectivity index (χ0v) is 11.9. The average Bonchev–Trinajstić information content (AvgIpc) is 2.38. The van der Waals surface area contributed by atoms with Crippen LogP contribution in [0.1, 0.15) is 12.5 Å². The van der Waals surface area contributed by atoms with E-state index in [2.05, 4.69) is 10.6 Å². The highest BCUT2D eigenvalue weighted by Crippen LogP contribution is 2.27. The summed E-state index contributed by atoms with van der Waals surface area (Å²) in [6.45, 7) is 2.31. The van der Waals surface area contributed by atoms with Gasteiger partial charge >= 0.3 is 0 Å². The van der Waals surface area contributed by atoms with Crippen LogP contribution in [-0.2, 0) is 11.2 Å². The van der Waals surface area contributed by atoms with Gasteiger partial charge in [-0.25, -0.2) is 0 Å². The van der Waals surface area contributed by atoms with Gasteiger partial charge in [-0.05, 0) is 38.1 Å². The maximum Gasteiger partial charge on any atom is 0.234 e. The van der Waals surface area contributed by atoms with Crippen LogP contribution >= 0.6 is 0 Å². The molecule has 1 atom stereocenters. The van der Waals surface area contributed by atoms with Gasteiger partial charge in [0.2, 0.25) is 5.91 Å². The fourth-order valence-electron chi connectivity index (χ4n) is 1.90. The van der Waals surface area contributed by atoms with E-state index in [1.807, 2.05) is 25.1 Å². The molecule has 0 aromatic heterocycles. The highest BCUT2D eigenvalue weighted by atomic mass is 16.5. The van der Waals surface area contributed by atoms with E-state index >= 15 is 0 Å². The number of hydrogen-bond donors (Lipinski definition) is 2. The van der Waals surface area contributed by atoms with Crippen LogP contribution in [0.4, 0.5) is 0 Å². The average molecular weight is 266 g/mol. The minimum atomic E-state index is -0.00419. The molecule has 0 saturated carbocycles. The lowest BCUT2D eigenvalue weighted by Gasteiger charge is -2.15. The van der Waals surface area contributed by atoms with Crippen molar-refractivity contribution in [2.75, 3.05) is 27.8 Å². The molecule has 0 radical (unpaired) electrons. The molecule has 2 N–H and O–H groups in total. The van der Waals surface area contributed by atoms with Gasteiger partial charge in [0.25, 0.3) is 0 Å². The van der Waals surface area contributed by atoms with Gasteiger partial charge in [0.05, 0.1) is 20.8 Å². The summed E-state index contributed by atoms with van der Waals surface area (Å²) in [5.41, 5.74) is 1.09. The number of amides is 1. The van der Waals surface area contributed by atoms with Crippen LogP contribution in [0.2, 0.25) is 0 Å². The second-order valence-corrected chi connectivity index (χ2v) is 4.39. The molecule has 1 aromatic rings. The molecule has 0 bridgehead atoms. The topological polar surface area (TPSA) is 59.6 Å². The molecule has 5 heteroatoms. The van der Waals surface area contributed by atoms with Crippen molar-refractivity contribution in [3.05, 3.63) is 23.8 Å². The Morgan fingerprint density at radius 1 is 1.26 bits per heavy atom. The first-order valence-electron chi connectivity index (χ1n) is 6.25. The summed E-state index contributed by atoms with van der Waals surface area (Å²) in [6, 6.07) is 5.84. The van der Waals surface area contributed by atoms with Crippen molar-refractivity contribution in [1.82, 2.24) is 10.6 Å². The molecule has 0 fully saturated rings. The number of methoxy groups -OCH3 is 2. The van der Waals surface area contributed by atoms with E-state index in [-0.39, 0.29) is 11.9 Å². The molecule has 0 aliphatic heterocycles. The van der Waals surface area contributed by atoms with Crippen LogP contribution in [0.15, 0.2) is 18.2 Å². The number of nitrogens with one attached hydrogen (secondary N) is 2. The van der Waals surface area contributed by atoms with E-state index in [9.17, 15) is 4.79 Å². The van der Waals surface area contributed by atoms with E-state index in [0.29, 0.717) is 18.0 Å². The van der Waals surface area contributed by atoms with E-state index in [1.165, 1.54) is 0 Å². The first kappa shape index (κ1) is 15.3. The predicted octanol–water partition coefficient (Wildman–Crippen LogP) is 0.970. The third-order valence-electron chi connectivity index (χ3n) is 2.73. The molecule has 5 nitrogen and oxygen atoms in total. The van der Waals surface area contributed by atoms with Crippen molar-refractivity contribution < 1.29 is 14.3 Å². The maximum absolute atomic E-state index is 11.4. The van der Waals surface area contributed by atoms with E-state index in [1.54, 1.807) is 21.3 Å². The van der Waals surface area contributed by atoms with Gasteiger partial charge in [-0.2, -0.15) is 0 Å². The minimum Gasteiger partial charge on any atom is -0.493 e. The lowest BCUT2D eigenvalue weighted by Crippen LogP contribution is -2.39. The normalized spacial score (nSPS) is 11.8. The highest BCUT2D eigenvalue weighted by Gasteiger charge is 2.10. The summed E-state index contributed by atoms with van der Waals surface area (Å²) in [6.07, 6.45) is 0.746. The second-order valence-electron chi connectivity index (χ2n) is 4.39. The molecular weight excluding hydrogens is 244 g/mol. The quantitative estimate of drug-likeness (QED) is 0.772. The summed E-state index contributed by atoms with van der Waals surface area (Å²) < 4.78 is 10.4. The third kappa shape index (κ3) is 4.79. The van der Waals surface area contributed by atoms with Gasteiger partial charge in [0.15, 0.2) is 11.5 Å². The molecule has 1 aromatic carbocycles. The summed E-state index contributed by atoms with van der Waals surface area (Å²) in [5.74, 6) is 1.40. The molecule has 0 aliphatic carbocycles. The van der Waals surface area contributed by atoms with Crippen molar-refractivity contribution in [1.29, 1.82) is 0 Å². The highest BCUT2D eigenvalue weighted by molar-refractivity contribution is 5.78. The van der Waals surface area contributed by atoms with Gasteiger partial charge in [-0.1, -0.05) is 6.07 Å². The number of ether oxygens (including phenoxy) is 2. The van der Waals surface area contributed by atoms with Crippen LogP contribution in [0.25, 0.3) is 0 Å². The van der Waals surface area contributed by atoms with Crippen LogP contribution in [0.3, 0.4) is 0 Å². The minimum absolute atomic E-state index is 0.00419. The standard InChI is InChI=1S/C14H22N2O3/c1-10(16-14(17)9-15-2)7-11-5-6-12(18-3)13(8-11)19-4/h5-6,8,10,15H,7,9H2,1-4H3,(H,16,17). The molecule has 0 spiro atoms. The third-order valence-corrected chi connectivity index (χ3v) is 2.73. The van der Waals surface area contributed by atoms with Gasteiger partial charge in [0.1, 0.15) is 0 Å². The Morgan fingerprint density at radius 2 is 1.95 bits per heavy atom. The lowest BCUT2D eigenvalue weighted by molar-refractivity contribution is -0.120. The Balaban J connectivity index is 2.64. The zero-order valence-electron chi connectivity index (χ0n) is 11.9. The van der Waals surface area contributed by atoms with Crippen LogP contribution in [0.5, 0.6) is 11.5 Å². The summed E-state index contributed by atoms with van der Waals surface area (Å²) >= 11 is 0. The first-order valence-corrected chi connectivity index (χ1v) is 6.25. The predicted molar refractivity (Wildman–Crippen MR) is 74.8 cm³/mol. The number of likely N-dealkylation sites (N-methyl/N-ethyl adjacent to an activating group) is 1. The Kier molecular flexibility index (Phi) is 6.15. The molecule has 106 valence electrons. The van der Waals surface area contributed by atoms with Crippen molar-refractivity contribution in [2.45, 2.75) is 19.4 Å². The van der Waals surface area contributed by atoms with Gasteiger partial charge in [-0.15, -0.1) is 0 Å². The largest absolute Gasteiger partial charge is 0.493 e. The van der Waals surface area contributed by atoms with Crippen LogP contribution < -0.4 is 20.1 Å². The van der Waals surface area contributed by atoms with E-state index in [0.717, 1.165) is 12.0 Å². The fraction of sp³-hybridized carbons (Fsp3) is 0.500. The number of benzene rings is 1. The molecule has 1 unspecified atom stereocenters. The fourth-order valence-corrected chi connectivity index (χ4v) is 1.90. The van der Waals surface area contributed by atoms with Crippen molar-refractivity contribution in [2.24, 2.45) is 0 Å². The monoisotopic (exact) mass is 266 g/mol. The van der Waals surface area contributed by atoms with Crippen molar-refractivity contribution in [3.63, 3.8) is 0 Å². The lowest BCUT2D eigenvalue weighted by atomic mass is 10.1. The molecule has 1 rings (SSSR count). The molecule has 19 heavy (non-hydrogen) atoms. The molecule has 1 amide bonds. The van der Waals surface area contributed by atoms with Gasteiger partial charge in [0, 0.05) is 6.04 Å².